The average Bonchev–Trinajstić information content (AvgIpc) is 2.13. The molecule has 0 aliphatic rings. The Morgan fingerprint density at radius 3 is 2.23 bits per heavy atom. The summed E-state index contributed by atoms with van der Waals surface area (Å²) in [6.45, 7) is 6.27. The molecular formula is C10H23NO2. The van der Waals surface area contributed by atoms with Gasteiger partial charge in [-0.3, -0.25) is 0 Å². The number of ether oxygens (including phenoxy) is 2. The van der Waals surface area contributed by atoms with Crippen LogP contribution in [0.2, 0.25) is 0 Å². The van der Waals surface area contributed by atoms with Gasteiger partial charge in [0.2, 0.25) is 0 Å². The Balaban J connectivity index is 3.32. The zero-order valence-electron chi connectivity index (χ0n) is 9.30. The predicted molar refractivity (Wildman–Crippen MR) is 54.7 cm³/mol. The van der Waals surface area contributed by atoms with Gasteiger partial charge in [-0.15, -0.1) is 0 Å². The summed E-state index contributed by atoms with van der Waals surface area (Å²) >= 11 is 0. The second kappa shape index (κ2) is 8.48. The first kappa shape index (κ1) is 12.9. The minimum atomic E-state index is -0.117. The van der Waals surface area contributed by atoms with Crippen LogP contribution in [0.5, 0.6) is 0 Å². The maximum atomic E-state index is 5.06. The van der Waals surface area contributed by atoms with E-state index in [9.17, 15) is 0 Å². The van der Waals surface area contributed by atoms with E-state index in [-0.39, 0.29) is 6.29 Å². The van der Waals surface area contributed by atoms with Crippen LogP contribution >= 0.6 is 0 Å². The van der Waals surface area contributed by atoms with Gasteiger partial charge in [-0.2, -0.15) is 0 Å². The molecule has 0 rings (SSSR count). The maximum Gasteiger partial charge on any atom is 0.169 e. The third-order valence-electron chi connectivity index (χ3n) is 2.11. The van der Waals surface area contributed by atoms with Crippen molar-refractivity contribution in [2.45, 2.75) is 33.0 Å². The Labute approximate surface area is 81.8 Å². The highest BCUT2D eigenvalue weighted by Crippen LogP contribution is 2.02. The lowest BCUT2D eigenvalue weighted by molar-refractivity contribution is -0.0989. The number of nitrogens with one attached hydrogen (secondary N) is 1. The highest BCUT2D eigenvalue weighted by atomic mass is 16.7. The van der Waals surface area contributed by atoms with Gasteiger partial charge in [0.25, 0.3) is 0 Å². The molecule has 0 spiro atoms. The Bertz CT molecular complexity index is 105. The lowest BCUT2D eigenvalue weighted by Gasteiger charge is -2.16. The molecule has 0 aromatic rings. The summed E-state index contributed by atoms with van der Waals surface area (Å²) in [7, 11) is 3.32. The summed E-state index contributed by atoms with van der Waals surface area (Å²) < 4.78 is 10.1. The van der Waals surface area contributed by atoms with E-state index >= 15 is 0 Å². The predicted octanol–water partition coefficient (Wildman–Crippen LogP) is 1.63. The molecule has 13 heavy (non-hydrogen) atoms. The second-order valence-corrected chi connectivity index (χ2v) is 3.45. The Hall–Kier alpha value is -0.120. The number of methoxy groups -OCH3 is 2. The van der Waals surface area contributed by atoms with Gasteiger partial charge < -0.3 is 14.8 Å². The summed E-state index contributed by atoms with van der Waals surface area (Å²) in [5, 5.41) is 3.32. The Morgan fingerprint density at radius 2 is 1.77 bits per heavy atom. The van der Waals surface area contributed by atoms with Crippen LogP contribution < -0.4 is 5.32 Å². The molecule has 0 aliphatic carbocycles. The normalized spacial score (nSPS) is 13.6. The van der Waals surface area contributed by atoms with Crippen LogP contribution in [0.3, 0.4) is 0 Å². The topological polar surface area (TPSA) is 30.5 Å². The van der Waals surface area contributed by atoms with Crippen LogP contribution in [0, 0.1) is 5.92 Å². The van der Waals surface area contributed by atoms with Crippen molar-refractivity contribution in [1.29, 1.82) is 0 Å². The van der Waals surface area contributed by atoms with Crippen molar-refractivity contribution in [3.05, 3.63) is 0 Å². The first-order valence-corrected chi connectivity index (χ1v) is 5.00. The standard InChI is InChI=1S/C10H23NO2/c1-5-6-9(2)7-11-8-10(12-3)13-4/h9-11H,5-8H2,1-4H3. The van der Waals surface area contributed by atoms with Crippen molar-refractivity contribution in [1.82, 2.24) is 5.32 Å². The number of hydrogen-bond acceptors (Lipinski definition) is 3. The van der Waals surface area contributed by atoms with Gasteiger partial charge in [-0.05, 0) is 18.9 Å². The van der Waals surface area contributed by atoms with Crippen LogP contribution in [-0.2, 0) is 9.47 Å². The quantitative estimate of drug-likeness (QED) is 0.589. The minimum Gasteiger partial charge on any atom is -0.355 e. The number of hydrogen-bond donors (Lipinski definition) is 1. The Morgan fingerprint density at radius 1 is 1.15 bits per heavy atom. The first-order chi connectivity index (χ1) is 6.24. The SMILES string of the molecule is CCCC(C)CNCC(OC)OC. The van der Waals surface area contributed by atoms with Gasteiger partial charge >= 0.3 is 0 Å². The van der Waals surface area contributed by atoms with E-state index in [4.69, 9.17) is 9.47 Å². The van der Waals surface area contributed by atoms with Gasteiger partial charge in [0.15, 0.2) is 6.29 Å². The van der Waals surface area contributed by atoms with E-state index < -0.39 is 0 Å². The van der Waals surface area contributed by atoms with Crippen LogP contribution in [0.25, 0.3) is 0 Å². The molecule has 0 saturated heterocycles. The van der Waals surface area contributed by atoms with Crippen molar-refractivity contribution in [3.8, 4) is 0 Å². The molecule has 0 aliphatic heterocycles. The third kappa shape index (κ3) is 6.99. The maximum absolute atomic E-state index is 5.06. The highest BCUT2D eigenvalue weighted by Gasteiger charge is 2.05. The lowest BCUT2D eigenvalue weighted by Crippen LogP contribution is -2.32. The molecule has 0 aromatic heterocycles. The molecule has 1 N–H and O–H groups in total. The van der Waals surface area contributed by atoms with Gasteiger partial charge in [-0.1, -0.05) is 20.3 Å². The summed E-state index contributed by atoms with van der Waals surface area (Å²) in [6, 6.07) is 0. The monoisotopic (exact) mass is 189 g/mol. The molecule has 3 nitrogen and oxygen atoms in total. The molecule has 0 bridgehead atoms. The fourth-order valence-corrected chi connectivity index (χ4v) is 1.31. The molecule has 80 valence electrons. The van der Waals surface area contributed by atoms with Crippen LogP contribution in [-0.4, -0.2) is 33.6 Å². The van der Waals surface area contributed by atoms with Crippen LogP contribution in [0.15, 0.2) is 0 Å². The fourth-order valence-electron chi connectivity index (χ4n) is 1.31. The van der Waals surface area contributed by atoms with E-state index in [1.807, 2.05) is 0 Å². The average molecular weight is 189 g/mol. The molecule has 0 heterocycles. The molecule has 0 fully saturated rings. The van der Waals surface area contributed by atoms with E-state index in [0.717, 1.165) is 19.0 Å². The largest absolute Gasteiger partial charge is 0.355 e. The number of rotatable bonds is 8. The van der Waals surface area contributed by atoms with Gasteiger partial charge in [0.1, 0.15) is 0 Å². The van der Waals surface area contributed by atoms with E-state index in [2.05, 4.69) is 19.2 Å². The summed E-state index contributed by atoms with van der Waals surface area (Å²) in [5.41, 5.74) is 0. The Kier molecular flexibility index (Phi) is 8.40. The zero-order valence-corrected chi connectivity index (χ0v) is 9.30. The molecule has 0 saturated carbocycles. The summed E-state index contributed by atoms with van der Waals surface area (Å²) in [4.78, 5) is 0. The van der Waals surface area contributed by atoms with Crippen molar-refractivity contribution >= 4 is 0 Å². The first-order valence-electron chi connectivity index (χ1n) is 5.00. The lowest BCUT2D eigenvalue weighted by atomic mass is 10.1. The smallest absolute Gasteiger partial charge is 0.169 e. The van der Waals surface area contributed by atoms with Crippen molar-refractivity contribution < 1.29 is 9.47 Å². The van der Waals surface area contributed by atoms with Crippen molar-refractivity contribution in [2.75, 3.05) is 27.3 Å². The molecule has 1 unspecified atom stereocenters. The van der Waals surface area contributed by atoms with Crippen molar-refractivity contribution in [2.24, 2.45) is 5.92 Å². The van der Waals surface area contributed by atoms with Crippen molar-refractivity contribution in [3.63, 3.8) is 0 Å². The van der Waals surface area contributed by atoms with E-state index in [1.54, 1.807) is 14.2 Å². The fraction of sp³-hybridized carbons (Fsp3) is 1.00. The molecular weight excluding hydrogens is 166 g/mol. The van der Waals surface area contributed by atoms with Crippen LogP contribution in [0.1, 0.15) is 26.7 Å². The summed E-state index contributed by atoms with van der Waals surface area (Å²) in [6.07, 6.45) is 2.41. The third-order valence-corrected chi connectivity index (χ3v) is 2.11. The molecule has 0 aromatic carbocycles. The molecule has 0 radical (unpaired) electrons. The van der Waals surface area contributed by atoms with Gasteiger partial charge in [-0.25, -0.2) is 0 Å². The molecule has 3 heteroatoms. The minimum absolute atomic E-state index is 0.117. The van der Waals surface area contributed by atoms with E-state index in [1.165, 1.54) is 12.8 Å². The van der Waals surface area contributed by atoms with Gasteiger partial charge in [0, 0.05) is 20.8 Å². The summed E-state index contributed by atoms with van der Waals surface area (Å²) in [5.74, 6) is 0.736. The molecule has 1 atom stereocenters. The van der Waals surface area contributed by atoms with E-state index in [0.29, 0.717) is 0 Å². The van der Waals surface area contributed by atoms with Crippen LogP contribution in [0.4, 0.5) is 0 Å². The highest BCUT2D eigenvalue weighted by molar-refractivity contribution is 4.57. The molecule has 0 amide bonds. The second-order valence-electron chi connectivity index (χ2n) is 3.45. The van der Waals surface area contributed by atoms with Gasteiger partial charge in [0.05, 0.1) is 0 Å². The zero-order chi connectivity index (χ0) is 10.1.